The average molecular weight is 360 g/mol. The summed E-state index contributed by atoms with van der Waals surface area (Å²) in [6.45, 7) is 0.315. The van der Waals surface area contributed by atoms with Gasteiger partial charge in [-0.1, -0.05) is 6.42 Å². The van der Waals surface area contributed by atoms with Gasteiger partial charge in [-0.2, -0.15) is 0 Å². The molecule has 1 aromatic heterocycles. The van der Waals surface area contributed by atoms with Gasteiger partial charge in [-0.25, -0.2) is 9.59 Å². The van der Waals surface area contributed by atoms with Crippen LogP contribution in [0.25, 0.3) is 10.9 Å². The molecule has 2 aromatic rings. The minimum atomic E-state index is -0.899. The number of unbranched alkanes of at least 4 members (excludes halogenated alkanes) is 1. The zero-order valence-corrected chi connectivity index (χ0v) is 14.5. The molecule has 0 saturated carbocycles. The van der Waals surface area contributed by atoms with E-state index in [9.17, 15) is 9.59 Å². The Bertz CT molecular complexity index is 804. The third kappa shape index (κ3) is 3.87. The first-order valence-corrected chi connectivity index (χ1v) is 8.75. The lowest BCUT2D eigenvalue weighted by Gasteiger charge is -2.24. The van der Waals surface area contributed by atoms with Crippen molar-refractivity contribution in [2.24, 2.45) is 11.5 Å². The molecule has 0 saturated heterocycles. The van der Waals surface area contributed by atoms with Crippen LogP contribution in [-0.2, 0) is 16.0 Å². The van der Waals surface area contributed by atoms with Crippen LogP contribution < -0.4 is 16.4 Å². The van der Waals surface area contributed by atoms with E-state index in [1.54, 1.807) is 0 Å². The number of anilines is 1. The Balaban J connectivity index is 1.85. The number of fused-ring (bicyclic) bond motifs is 1. The van der Waals surface area contributed by atoms with Crippen LogP contribution in [0.15, 0.2) is 24.4 Å². The van der Waals surface area contributed by atoms with Crippen LogP contribution in [0.4, 0.5) is 10.5 Å². The molecule has 8 nitrogen and oxygen atoms in total. The fraction of sp³-hybridized carbons (Fsp3) is 0.444. The lowest BCUT2D eigenvalue weighted by molar-refractivity contribution is -0.138. The second kappa shape index (κ2) is 7.86. The molecule has 1 aromatic carbocycles. The van der Waals surface area contributed by atoms with E-state index in [1.165, 1.54) is 4.90 Å². The van der Waals surface area contributed by atoms with Crippen LogP contribution in [0, 0.1) is 0 Å². The number of esters is 1. The zero-order valence-electron chi connectivity index (χ0n) is 14.5. The minimum absolute atomic E-state index is 0.0644. The van der Waals surface area contributed by atoms with Crippen molar-refractivity contribution >= 4 is 28.7 Å². The molecule has 0 aliphatic carbocycles. The number of hydrogen-bond acceptors (Lipinski definition) is 6. The predicted molar refractivity (Wildman–Crippen MR) is 97.7 cm³/mol. The van der Waals surface area contributed by atoms with Crippen LogP contribution in [0.3, 0.4) is 0 Å². The van der Waals surface area contributed by atoms with Crippen LogP contribution in [0.2, 0.25) is 0 Å². The molecule has 6 N–H and O–H groups in total. The van der Waals surface area contributed by atoms with Gasteiger partial charge in [0.2, 0.25) is 0 Å². The largest absolute Gasteiger partial charge is 0.422 e. The number of aliphatic hydroxyl groups is 1. The van der Waals surface area contributed by atoms with E-state index in [-0.39, 0.29) is 12.6 Å². The molecule has 26 heavy (non-hydrogen) atoms. The van der Waals surface area contributed by atoms with Gasteiger partial charge in [0.1, 0.15) is 6.04 Å². The third-order valence-electron chi connectivity index (χ3n) is 4.65. The van der Waals surface area contributed by atoms with Gasteiger partial charge in [-0.3, -0.25) is 4.90 Å². The molecule has 2 bridgehead atoms. The van der Waals surface area contributed by atoms with Gasteiger partial charge in [0.05, 0.1) is 6.61 Å². The number of amides is 1. The van der Waals surface area contributed by atoms with E-state index >= 15 is 0 Å². The highest BCUT2D eigenvalue weighted by molar-refractivity contribution is 5.99. The van der Waals surface area contributed by atoms with Gasteiger partial charge >= 0.3 is 12.1 Å². The normalized spacial score (nSPS) is 19.0. The number of carbonyl (C=O) groups excluding carboxylic acids is 2. The van der Waals surface area contributed by atoms with Crippen molar-refractivity contribution in [3.8, 4) is 0 Å². The summed E-state index contributed by atoms with van der Waals surface area (Å²) in [6, 6.07) is 4.45. The van der Waals surface area contributed by atoms with Crippen molar-refractivity contribution < 1.29 is 19.4 Å². The van der Waals surface area contributed by atoms with Gasteiger partial charge in [-0.05, 0) is 36.6 Å². The minimum Gasteiger partial charge on any atom is -0.395 e. The number of aromatic nitrogens is 1. The first kappa shape index (κ1) is 18.4. The van der Waals surface area contributed by atoms with Crippen molar-refractivity contribution in [1.82, 2.24) is 4.98 Å². The molecule has 0 radical (unpaired) electrons. The number of hydrogen-bond donors (Lipinski definition) is 4. The van der Waals surface area contributed by atoms with Crippen molar-refractivity contribution in [1.29, 1.82) is 0 Å². The third-order valence-corrected chi connectivity index (χ3v) is 4.65. The zero-order chi connectivity index (χ0) is 18.7. The Morgan fingerprint density at radius 1 is 1.35 bits per heavy atom. The Morgan fingerprint density at radius 2 is 2.15 bits per heavy atom. The van der Waals surface area contributed by atoms with Crippen molar-refractivity contribution in [2.75, 3.05) is 18.1 Å². The summed E-state index contributed by atoms with van der Waals surface area (Å²) in [5.41, 5.74) is 14.1. The number of H-pyrrole nitrogens is 1. The number of rotatable bonds is 6. The maximum absolute atomic E-state index is 12.5. The second-order valence-electron chi connectivity index (χ2n) is 6.63. The number of aromatic amines is 1. The molecule has 3 rings (SSSR count). The molecule has 1 amide bonds. The lowest BCUT2D eigenvalue weighted by atomic mass is 10.0. The predicted octanol–water partition coefficient (Wildman–Crippen LogP) is 1.01. The number of benzene rings is 1. The second-order valence-corrected chi connectivity index (χ2v) is 6.63. The smallest absolute Gasteiger partial charge is 0.395 e. The quantitative estimate of drug-likeness (QED) is 0.345. The molecular weight excluding hydrogens is 336 g/mol. The average Bonchev–Trinajstić information content (AvgIpc) is 3.02. The molecule has 8 heteroatoms. The highest BCUT2D eigenvalue weighted by Crippen LogP contribution is 2.27. The van der Waals surface area contributed by atoms with Crippen LogP contribution >= 0.6 is 0 Å². The SMILES string of the molecule is NC(CO)CCCCN1C(=O)OC(=O)C(N)Cc2c[nH]c3ccc1cc23. The first-order chi connectivity index (χ1) is 12.5. The van der Waals surface area contributed by atoms with Crippen molar-refractivity contribution in [3.05, 3.63) is 30.0 Å². The number of aliphatic hydroxyl groups excluding tert-OH is 1. The highest BCUT2D eigenvalue weighted by atomic mass is 16.6. The van der Waals surface area contributed by atoms with Crippen molar-refractivity contribution in [3.63, 3.8) is 0 Å². The standard InChI is InChI=1S/C18H24N4O4/c19-12(10-23)3-1-2-6-22-13-4-5-16-14(8-13)11(9-21-16)7-15(20)17(24)26-18(22)25/h4-5,8-9,12,15,21,23H,1-3,6-7,10,19-20H2. The summed E-state index contributed by atoms with van der Waals surface area (Å²) in [4.78, 5) is 29.2. The lowest BCUT2D eigenvalue weighted by Crippen LogP contribution is -2.41. The Kier molecular flexibility index (Phi) is 5.55. The van der Waals surface area contributed by atoms with E-state index in [0.717, 1.165) is 22.9 Å². The van der Waals surface area contributed by atoms with Gasteiger partial charge < -0.3 is 26.3 Å². The Labute approximate surface area is 151 Å². The Morgan fingerprint density at radius 3 is 2.92 bits per heavy atom. The first-order valence-electron chi connectivity index (χ1n) is 8.75. The maximum atomic E-state index is 12.5. The number of nitrogens with one attached hydrogen (secondary N) is 1. The van der Waals surface area contributed by atoms with E-state index in [1.807, 2.05) is 24.4 Å². The van der Waals surface area contributed by atoms with Gasteiger partial charge in [-0.15, -0.1) is 0 Å². The number of nitrogens with zero attached hydrogens (tertiary/aromatic N) is 1. The van der Waals surface area contributed by atoms with E-state index in [2.05, 4.69) is 4.98 Å². The van der Waals surface area contributed by atoms with Crippen LogP contribution in [0.1, 0.15) is 24.8 Å². The van der Waals surface area contributed by atoms with Gasteiger partial charge in [0, 0.05) is 41.8 Å². The summed E-state index contributed by atoms with van der Waals surface area (Å²) in [7, 11) is 0. The van der Waals surface area contributed by atoms with E-state index < -0.39 is 18.1 Å². The van der Waals surface area contributed by atoms with E-state index in [0.29, 0.717) is 31.5 Å². The van der Waals surface area contributed by atoms with Gasteiger partial charge in [0.25, 0.3) is 0 Å². The molecule has 2 unspecified atom stereocenters. The number of carbonyl (C=O) groups is 2. The van der Waals surface area contributed by atoms with Gasteiger partial charge in [0.15, 0.2) is 0 Å². The summed E-state index contributed by atoms with van der Waals surface area (Å²) in [5, 5.41) is 9.92. The molecule has 140 valence electrons. The maximum Gasteiger partial charge on any atom is 0.422 e. The topological polar surface area (TPSA) is 135 Å². The molecule has 0 fully saturated rings. The number of cyclic esters (lactones) is 2. The summed E-state index contributed by atoms with van der Waals surface area (Å²) in [5.74, 6) is -0.734. The summed E-state index contributed by atoms with van der Waals surface area (Å²) < 4.78 is 4.97. The fourth-order valence-electron chi connectivity index (χ4n) is 3.13. The molecule has 2 atom stereocenters. The van der Waals surface area contributed by atoms with Crippen LogP contribution in [0.5, 0.6) is 0 Å². The summed E-state index contributed by atoms with van der Waals surface area (Å²) >= 11 is 0. The number of ether oxygens (including phenoxy) is 1. The van der Waals surface area contributed by atoms with E-state index in [4.69, 9.17) is 21.3 Å². The fourth-order valence-corrected chi connectivity index (χ4v) is 3.13. The molecule has 2 heterocycles. The van der Waals surface area contributed by atoms with Crippen LogP contribution in [-0.4, -0.2) is 47.4 Å². The van der Waals surface area contributed by atoms with Crippen molar-refractivity contribution in [2.45, 2.75) is 37.8 Å². The molecule has 0 spiro atoms. The molecule has 1 aliphatic heterocycles. The Hall–Kier alpha value is -2.42. The molecule has 1 aliphatic rings. The molecular formula is C18H24N4O4. The monoisotopic (exact) mass is 360 g/mol. The number of nitrogens with two attached hydrogens (primary N) is 2. The summed E-state index contributed by atoms with van der Waals surface area (Å²) in [6.07, 6.45) is 3.47. The highest BCUT2D eigenvalue weighted by Gasteiger charge is 2.27.